The zero-order chi connectivity index (χ0) is 12.0. The summed E-state index contributed by atoms with van der Waals surface area (Å²) in [6.45, 7) is 13.7. The summed E-state index contributed by atoms with van der Waals surface area (Å²) in [6, 6.07) is 0.776. The van der Waals surface area contributed by atoms with Crippen molar-refractivity contribution in [3.8, 4) is 0 Å². The number of hydrogen-bond donors (Lipinski definition) is 0. The Kier molecular flexibility index (Phi) is 6.37. The summed E-state index contributed by atoms with van der Waals surface area (Å²) in [7, 11) is 0. The molecule has 0 N–H and O–H groups in total. The van der Waals surface area contributed by atoms with Crippen LogP contribution < -0.4 is 0 Å². The van der Waals surface area contributed by atoms with Gasteiger partial charge in [0.05, 0.1) is 0 Å². The standard InChI is InChI=1S/C14H29NO/c1-5-15(9-6-13(4)12(2)3)14-7-10-16-11-8-14/h12-14H,5-11H2,1-4H3. The predicted molar refractivity (Wildman–Crippen MR) is 69.7 cm³/mol. The summed E-state index contributed by atoms with van der Waals surface area (Å²) in [5.41, 5.74) is 0. The fourth-order valence-electron chi connectivity index (χ4n) is 2.35. The molecule has 0 aliphatic carbocycles. The van der Waals surface area contributed by atoms with Gasteiger partial charge in [-0.25, -0.2) is 0 Å². The second-order valence-electron chi connectivity index (χ2n) is 5.48. The van der Waals surface area contributed by atoms with Crippen molar-refractivity contribution in [2.45, 2.75) is 53.0 Å². The highest BCUT2D eigenvalue weighted by Gasteiger charge is 2.20. The van der Waals surface area contributed by atoms with Gasteiger partial charge in [-0.3, -0.25) is 0 Å². The molecule has 0 saturated carbocycles. The fraction of sp³-hybridized carbons (Fsp3) is 1.00. The lowest BCUT2D eigenvalue weighted by molar-refractivity contribution is 0.0335. The van der Waals surface area contributed by atoms with E-state index in [1.54, 1.807) is 0 Å². The number of nitrogens with zero attached hydrogens (tertiary/aromatic N) is 1. The second-order valence-corrected chi connectivity index (χ2v) is 5.48. The van der Waals surface area contributed by atoms with Crippen molar-refractivity contribution in [2.24, 2.45) is 11.8 Å². The van der Waals surface area contributed by atoms with Crippen LogP contribution >= 0.6 is 0 Å². The van der Waals surface area contributed by atoms with Crippen molar-refractivity contribution in [3.05, 3.63) is 0 Å². The van der Waals surface area contributed by atoms with Crippen LogP contribution in [0.3, 0.4) is 0 Å². The van der Waals surface area contributed by atoms with Gasteiger partial charge in [0, 0.05) is 19.3 Å². The first kappa shape index (κ1) is 14.0. The molecule has 0 bridgehead atoms. The Morgan fingerprint density at radius 1 is 1.19 bits per heavy atom. The molecular weight excluding hydrogens is 198 g/mol. The zero-order valence-corrected chi connectivity index (χ0v) is 11.5. The van der Waals surface area contributed by atoms with Gasteiger partial charge in [-0.15, -0.1) is 0 Å². The van der Waals surface area contributed by atoms with E-state index in [4.69, 9.17) is 4.74 Å². The highest BCUT2D eigenvalue weighted by Crippen LogP contribution is 2.18. The first-order valence-electron chi connectivity index (χ1n) is 6.97. The number of ether oxygens (including phenoxy) is 1. The Bertz CT molecular complexity index is 176. The molecule has 2 heteroatoms. The largest absolute Gasteiger partial charge is 0.381 e. The van der Waals surface area contributed by atoms with Crippen LogP contribution in [0.15, 0.2) is 0 Å². The molecule has 0 amide bonds. The van der Waals surface area contributed by atoms with E-state index in [1.165, 1.54) is 32.4 Å². The lowest BCUT2D eigenvalue weighted by Crippen LogP contribution is -2.40. The molecule has 2 nitrogen and oxygen atoms in total. The van der Waals surface area contributed by atoms with Crippen LogP contribution in [-0.4, -0.2) is 37.2 Å². The van der Waals surface area contributed by atoms with Gasteiger partial charge < -0.3 is 9.64 Å². The van der Waals surface area contributed by atoms with E-state index in [1.807, 2.05) is 0 Å². The van der Waals surface area contributed by atoms with Gasteiger partial charge in [0.1, 0.15) is 0 Å². The first-order chi connectivity index (χ1) is 7.65. The van der Waals surface area contributed by atoms with Crippen molar-refractivity contribution in [1.29, 1.82) is 0 Å². The van der Waals surface area contributed by atoms with Crippen LogP contribution in [0.5, 0.6) is 0 Å². The molecule has 0 aromatic rings. The minimum atomic E-state index is 0.776. The van der Waals surface area contributed by atoms with Crippen LogP contribution in [0.4, 0.5) is 0 Å². The first-order valence-corrected chi connectivity index (χ1v) is 6.97. The summed E-state index contributed by atoms with van der Waals surface area (Å²) in [5.74, 6) is 1.65. The lowest BCUT2D eigenvalue weighted by Gasteiger charge is -2.34. The second kappa shape index (κ2) is 7.29. The normalized spacial score (nSPS) is 20.6. The molecule has 0 aromatic heterocycles. The maximum Gasteiger partial charge on any atom is 0.0480 e. The quantitative estimate of drug-likeness (QED) is 0.691. The maximum absolute atomic E-state index is 5.43. The molecule has 1 saturated heterocycles. The van der Waals surface area contributed by atoms with Crippen molar-refractivity contribution < 1.29 is 4.74 Å². The van der Waals surface area contributed by atoms with Crippen LogP contribution in [0, 0.1) is 11.8 Å². The van der Waals surface area contributed by atoms with Crippen LogP contribution in [0.25, 0.3) is 0 Å². The van der Waals surface area contributed by atoms with Gasteiger partial charge in [0.15, 0.2) is 0 Å². The molecule has 0 aromatic carbocycles. The molecule has 16 heavy (non-hydrogen) atoms. The van der Waals surface area contributed by atoms with Gasteiger partial charge in [-0.05, 0) is 44.2 Å². The molecule has 1 fully saturated rings. The molecular formula is C14H29NO. The van der Waals surface area contributed by atoms with E-state index in [0.29, 0.717) is 0 Å². The molecule has 1 aliphatic heterocycles. The van der Waals surface area contributed by atoms with Gasteiger partial charge in [-0.2, -0.15) is 0 Å². The molecule has 1 unspecified atom stereocenters. The van der Waals surface area contributed by atoms with Gasteiger partial charge >= 0.3 is 0 Å². The smallest absolute Gasteiger partial charge is 0.0480 e. The minimum absolute atomic E-state index is 0.776. The summed E-state index contributed by atoms with van der Waals surface area (Å²) in [5, 5.41) is 0. The average molecular weight is 227 g/mol. The molecule has 1 atom stereocenters. The molecule has 0 spiro atoms. The van der Waals surface area contributed by atoms with Gasteiger partial charge in [0.25, 0.3) is 0 Å². The van der Waals surface area contributed by atoms with Crippen molar-refractivity contribution in [2.75, 3.05) is 26.3 Å². The molecule has 1 aliphatic rings. The summed E-state index contributed by atoms with van der Waals surface area (Å²) in [6.07, 6.45) is 3.79. The molecule has 96 valence electrons. The Hall–Kier alpha value is -0.0800. The molecule has 1 rings (SSSR count). The van der Waals surface area contributed by atoms with E-state index in [9.17, 15) is 0 Å². The molecule has 0 radical (unpaired) electrons. The van der Waals surface area contributed by atoms with Crippen LogP contribution in [0.1, 0.15) is 47.0 Å². The van der Waals surface area contributed by atoms with E-state index < -0.39 is 0 Å². The average Bonchev–Trinajstić information content (AvgIpc) is 2.30. The Morgan fingerprint density at radius 2 is 1.81 bits per heavy atom. The van der Waals surface area contributed by atoms with Crippen LogP contribution in [-0.2, 0) is 4.74 Å². The Labute approximate surface area is 101 Å². The zero-order valence-electron chi connectivity index (χ0n) is 11.5. The van der Waals surface area contributed by atoms with Gasteiger partial charge in [-0.1, -0.05) is 27.7 Å². The van der Waals surface area contributed by atoms with E-state index in [0.717, 1.165) is 31.1 Å². The highest BCUT2D eigenvalue weighted by atomic mass is 16.5. The van der Waals surface area contributed by atoms with E-state index >= 15 is 0 Å². The van der Waals surface area contributed by atoms with Crippen molar-refractivity contribution >= 4 is 0 Å². The third-order valence-corrected chi connectivity index (χ3v) is 4.12. The van der Waals surface area contributed by atoms with Crippen molar-refractivity contribution in [1.82, 2.24) is 4.90 Å². The number of hydrogen-bond acceptors (Lipinski definition) is 2. The third kappa shape index (κ3) is 4.42. The highest BCUT2D eigenvalue weighted by molar-refractivity contribution is 4.74. The lowest BCUT2D eigenvalue weighted by atomic mass is 9.94. The Morgan fingerprint density at radius 3 is 2.31 bits per heavy atom. The fourth-order valence-corrected chi connectivity index (χ4v) is 2.35. The number of rotatable bonds is 6. The maximum atomic E-state index is 5.43. The predicted octanol–water partition coefficient (Wildman–Crippen LogP) is 3.17. The summed E-state index contributed by atoms with van der Waals surface area (Å²) < 4.78 is 5.43. The van der Waals surface area contributed by atoms with Crippen LogP contribution in [0.2, 0.25) is 0 Å². The molecule has 1 heterocycles. The SMILES string of the molecule is CCN(CCC(C)C(C)C)C1CCOCC1. The monoisotopic (exact) mass is 227 g/mol. The van der Waals surface area contributed by atoms with Gasteiger partial charge in [0.2, 0.25) is 0 Å². The Balaban J connectivity index is 2.30. The topological polar surface area (TPSA) is 12.5 Å². The van der Waals surface area contributed by atoms with Crippen molar-refractivity contribution in [3.63, 3.8) is 0 Å². The summed E-state index contributed by atoms with van der Waals surface area (Å²) in [4.78, 5) is 2.65. The summed E-state index contributed by atoms with van der Waals surface area (Å²) >= 11 is 0. The minimum Gasteiger partial charge on any atom is -0.381 e. The third-order valence-electron chi connectivity index (χ3n) is 4.12. The van der Waals surface area contributed by atoms with E-state index in [2.05, 4.69) is 32.6 Å². The van der Waals surface area contributed by atoms with E-state index in [-0.39, 0.29) is 0 Å².